The third-order valence-corrected chi connectivity index (χ3v) is 12.8. The van der Waals surface area contributed by atoms with Crippen LogP contribution in [0.4, 0.5) is 17.2 Å². The van der Waals surface area contributed by atoms with Gasteiger partial charge >= 0.3 is 0 Å². The predicted octanol–water partition coefficient (Wildman–Crippen LogP) is 2.15. The molecule has 4 aliphatic heterocycles. The lowest BCUT2D eigenvalue weighted by molar-refractivity contribution is -0.136. The molecule has 0 unspecified atom stereocenters. The lowest BCUT2D eigenvalue weighted by Gasteiger charge is -2.39. The molecular formula is C43H50N12O6. The van der Waals surface area contributed by atoms with Crippen LogP contribution >= 0.6 is 0 Å². The van der Waals surface area contributed by atoms with Crippen molar-refractivity contribution in [3.63, 3.8) is 0 Å². The van der Waals surface area contributed by atoms with Crippen LogP contribution in [0.25, 0.3) is 11.2 Å². The summed E-state index contributed by atoms with van der Waals surface area (Å²) >= 11 is 0. The number of carbonyl (C=O) groups is 6. The molecule has 2 aromatic heterocycles. The molecule has 9 rings (SSSR count). The molecule has 0 radical (unpaired) electrons. The molecule has 4 fully saturated rings. The second-order valence-corrected chi connectivity index (χ2v) is 16.7. The summed E-state index contributed by atoms with van der Waals surface area (Å²) in [4.78, 5) is 96.7. The fraction of sp³-hybridized carbons (Fsp3) is 0.465. The Labute approximate surface area is 352 Å². The zero-order chi connectivity index (χ0) is 42.2. The highest BCUT2D eigenvalue weighted by molar-refractivity contribution is 6.25. The second-order valence-electron chi connectivity index (χ2n) is 16.7. The maximum atomic E-state index is 13.4. The van der Waals surface area contributed by atoms with Gasteiger partial charge in [-0.1, -0.05) is 18.2 Å². The fourth-order valence-electron chi connectivity index (χ4n) is 9.34. The number of rotatable bonds is 12. The SMILES string of the molecule is CC(=O)NC1CC(n2cnc3c(NCc4ccc(N5CCN(CC6CCN(C(=O)CNc7cccc8c7C(=O)N([C@H]7CCC(=O)NC7=O)C8=O)CC6)CC5)cc4)ncnc32)C1. The first kappa shape index (κ1) is 40.0. The average molecular weight is 831 g/mol. The molecule has 1 aliphatic carbocycles. The molecule has 18 heteroatoms. The van der Waals surface area contributed by atoms with Gasteiger partial charge in [-0.15, -0.1) is 0 Å². The maximum Gasteiger partial charge on any atom is 0.264 e. The molecule has 0 spiro atoms. The van der Waals surface area contributed by atoms with Crippen molar-refractivity contribution in [3.8, 4) is 0 Å². The van der Waals surface area contributed by atoms with Crippen molar-refractivity contribution in [1.29, 1.82) is 0 Å². The molecule has 1 saturated carbocycles. The number of hydrogen-bond acceptors (Lipinski definition) is 13. The Kier molecular flexibility index (Phi) is 11.1. The first-order valence-electron chi connectivity index (χ1n) is 21.2. The second kappa shape index (κ2) is 16.9. The number of fused-ring (bicyclic) bond motifs is 2. The summed E-state index contributed by atoms with van der Waals surface area (Å²) in [6.45, 7) is 8.28. The van der Waals surface area contributed by atoms with E-state index < -0.39 is 29.7 Å². The molecule has 318 valence electrons. The van der Waals surface area contributed by atoms with Crippen LogP contribution < -0.4 is 26.2 Å². The number of benzene rings is 2. The van der Waals surface area contributed by atoms with E-state index in [-0.39, 0.29) is 54.4 Å². The molecular weight excluding hydrogens is 781 g/mol. The van der Waals surface area contributed by atoms with Crippen molar-refractivity contribution in [2.75, 3.05) is 67.9 Å². The lowest BCUT2D eigenvalue weighted by Crippen LogP contribution is -2.54. The monoisotopic (exact) mass is 830 g/mol. The molecule has 0 bridgehead atoms. The van der Waals surface area contributed by atoms with E-state index in [0.717, 1.165) is 80.0 Å². The first-order chi connectivity index (χ1) is 29.6. The van der Waals surface area contributed by atoms with Crippen LogP contribution in [-0.2, 0) is 25.7 Å². The van der Waals surface area contributed by atoms with Crippen molar-refractivity contribution < 1.29 is 28.8 Å². The lowest BCUT2D eigenvalue weighted by atomic mass is 9.86. The number of aromatic nitrogens is 4. The number of hydrogen-bond donors (Lipinski definition) is 4. The Hall–Kier alpha value is -6.43. The largest absolute Gasteiger partial charge is 0.375 e. The Balaban J connectivity index is 0.699. The van der Waals surface area contributed by atoms with Crippen LogP contribution in [0.2, 0.25) is 0 Å². The van der Waals surface area contributed by atoms with Crippen molar-refractivity contribution >= 4 is 63.8 Å². The summed E-state index contributed by atoms with van der Waals surface area (Å²) in [6.07, 6.45) is 7.06. The van der Waals surface area contributed by atoms with Gasteiger partial charge in [0.2, 0.25) is 23.6 Å². The zero-order valence-electron chi connectivity index (χ0n) is 34.1. The third-order valence-electron chi connectivity index (χ3n) is 12.8. The zero-order valence-corrected chi connectivity index (χ0v) is 34.1. The molecule has 61 heavy (non-hydrogen) atoms. The Morgan fingerprint density at radius 2 is 1.62 bits per heavy atom. The van der Waals surface area contributed by atoms with Gasteiger partial charge in [0.25, 0.3) is 11.8 Å². The fourth-order valence-corrected chi connectivity index (χ4v) is 9.34. The van der Waals surface area contributed by atoms with Crippen molar-refractivity contribution in [1.82, 2.24) is 44.9 Å². The Morgan fingerprint density at radius 1 is 0.852 bits per heavy atom. The van der Waals surface area contributed by atoms with Gasteiger partial charge in [0.15, 0.2) is 11.5 Å². The number of piperidine rings is 2. The molecule has 18 nitrogen and oxygen atoms in total. The number of amides is 6. The molecule has 4 N–H and O–H groups in total. The van der Waals surface area contributed by atoms with E-state index in [0.29, 0.717) is 37.1 Å². The van der Waals surface area contributed by atoms with E-state index in [4.69, 9.17) is 0 Å². The maximum absolute atomic E-state index is 13.4. The van der Waals surface area contributed by atoms with Crippen molar-refractivity contribution in [3.05, 3.63) is 71.8 Å². The van der Waals surface area contributed by atoms with Gasteiger partial charge < -0.3 is 30.3 Å². The van der Waals surface area contributed by atoms with E-state index in [1.807, 2.05) is 11.2 Å². The van der Waals surface area contributed by atoms with E-state index in [1.165, 1.54) is 11.8 Å². The van der Waals surface area contributed by atoms with E-state index in [1.54, 1.807) is 25.4 Å². The van der Waals surface area contributed by atoms with E-state index >= 15 is 0 Å². The standard InChI is InChI=1S/C43H50N12O6/c1-26(56)49-29-19-31(20-29)54-25-48-38-39(46-24-47-40(38)54)45-21-27-5-7-30(8-6-27)52-17-15-51(16-18-52)23-28-11-13-53(14-12-28)36(58)22-44-33-4-2-3-32-37(33)43(61)55(42(32)60)34-9-10-35(57)50-41(34)59/h2-8,24-25,28-29,31,34,44H,9-23H2,1H3,(H,49,56)(H,45,46,47)(H,50,57,59)/t29?,31?,34-/m0/s1. The topological polar surface area (TPSA) is 207 Å². The number of piperazine rings is 1. The van der Waals surface area contributed by atoms with Crippen LogP contribution in [0, 0.1) is 5.92 Å². The molecule has 1 atom stereocenters. The van der Waals surface area contributed by atoms with Crippen molar-refractivity contribution in [2.45, 2.75) is 70.1 Å². The number of imidazole rings is 1. The normalized spacial score (nSPS) is 22.2. The van der Waals surface area contributed by atoms with Gasteiger partial charge in [-0.25, -0.2) is 15.0 Å². The van der Waals surface area contributed by atoms with Gasteiger partial charge in [0.1, 0.15) is 17.9 Å². The van der Waals surface area contributed by atoms with Gasteiger partial charge in [0.05, 0.1) is 24.0 Å². The summed E-state index contributed by atoms with van der Waals surface area (Å²) in [5.41, 5.74) is 4.56. The van der Waals surface area contributed by atoms with Gasteiger partial charge in [-0.3, -0.25) is 43.9 Å². The average Bonchev–Trinajstić information content (AvgIpc) is 3.79. The van der Waals surface area contributed by atoms with Crippen LogP contribution in [0.3, 0.4) is 0 Å². The molecule has 6 amide bonds. The minimum absolute atomic E-state index is 0.00457. The van der Waals surface area contributed by atoms with Crippen LogP contribution in [0.1, 0.15) is 77.8 Å². The predicted molar refractivity (Wildman–Crippen MR) is 225 cm³/mol. The highest BCUT2D eigenvalue weighted by Crippen LogP contribution is 2.35. The number of carbonyl (C=O) groups excluding carboxylic acids is 6. The molecule has 2 aromatic carbocycles. The van der Waals surface area contributed by atoms with Gasteiger partial charge in [-0.05, 0) is 67.9 Å². The molecule has 4 aromatic rings. The van der Waals surface area contributed by atoms with Gasteiger partial charge in [-0.2, -0.15) is 0 Å². The number of nitrogens with zero attached hydrogens (tertiary/aromatic N) is 8. The van der Waals surface area contributed by atoms with Crippen LogP contribution in [-0.4, -0.2) is 134 Å². The van der Waals surface area contributed by atoms with Crippen molar-refractivity contribution in [2.24, 2.45) is 5.92 Å². The van der Waals surface area contributed by atoms with E-state index in [2.05, 4.69) is 74.9 Å². The first-order valence-corrected chi connectivity index (χ1v) is 21.2. The Morgan fingerprint density at radius 3 is 2.36 bits per heavy atom. The molecule has 6 heterocycles. The smallest absolute Gasteiger partial charge is 0.264 e. The summed E-state index contributed by atoms with van der Waals surface area (Å²) in [5.74, 6) is -1.16. The summed E-state index contributed by atoms with van der Waals surface area (Å²) in [6, 6.07) is 12.9. The number of anilines is 3. The van der Waals surface area contributed by atoms with Crippen LogP contribution in [0.15, 0.2) is 55.1 Å². The highest BCUT2D eigenvalue weighted by atomic mass is 16.2. The number of likely N-dealkylation sites (tertiary alicyclic amines) is 1. The summed E-state index contributed by atoms with van der Waals surface area (Å²) < 4.78 is 2.08. The Bertz CT molecular complexity index is 2360. The number of nitrogens with one attached hydrogen (secondary N) is 4. The summed E-state index contributed by atoms with van der Waals surface area (Å²) in [5, 5.41) is 11.7. The molecule has 3 saturated heterocycles. The van der Waals surface area contributed by atoms with Gasteiger partial charge in [0, 0.05) is 89.2 Å². The number of imide groups is 2. The minimum atomic E-state index is -1.05. The van der Waals surface area contributed by atoms with Crippen LogP contribution in [0.5, 0.6) is 0 Å². The summed E-state index contributed by atoms with van der Waals surface area (Å²) in [7, 11) is 0. The van der Waals surface area contributed by atoms with E-state index in [9.17, 15) is 28.8 Å². The quantitative estimate of drug-likeness (QED) is 0.151. The minimum Gasteiger partial charge on any atom is -0.375 e. The highest BCUT2D eigenvalue weighted by Gasteiger charge is 2.45. The third kappa shape index (κ3) is 8.23. The molecule has 5 aliphatic rings.